The summed E-state index contributed by atoms with van der Waals surface area (Å²) < 4.78 is 0. The van der Waals surface area contributed by atoms with Crippen molar-refractivity contribution in [1.29, 1.82) is 5.26 Å². The van der Waals surface area contributed by atoms with Crippen LogP contribution >= 0.6 is 0 Å². The van der Waals surface area contributed by atoms with E-state index < -0.39 is 6.03 Å². The minimum absolute atomic E-state index is 0.514. The fraction of sp³-hybridized carbons (Fsp3) is 0.200. The molecule has 0 fully saturated rings. The lowest BCUT2D eigenvalue weighted by molar-refractivity contribution is 0.255. The molecule has 0 aliphatic heterocycles. The molecule has 0 aliphatic rings. The Morgan fingerprint density at radius 1 is 1.43 bits per heavy atom. The Bertz CT molecular complexity index is 393. The number of amides is 2. The van der Waals surface area contributed by atoms with Gasteiger partial charge in [0.1, 0.15) is 0 Å². The third-order valence-electron chi connectivity index (χ3n) is 1.80. The van der Waals surface area contributed by atoms with E-state index in [0.29, 0.717) is 5.69 Å². The Hall–Kier alpha value is -2.02. The first-order chi connectivity index (χ1) is 6.63. The van der Waals surface area contributed by atoms with Crippen molar-refractivity contribution in [3.8, 4) is 6.19 Å². The molecular formula is C10H11N3O. The quantitative estimate of drug-likeness (QED) is 0.523. The van der Waals surface area contributed by atoms with Crippen molar-refractivity contribution in [1.82, 2.24) is 5.32 Å². The average Bonchev–Trinajstić information content (AvgIpc) is 2.10. The maximum absolute atomic E-state index is 11.0. The standard InChI is InChI=1S/C10H11N3O/c1-7-3-4-9(8(2)5-7)13-10(14)12-6-11/h3-5H,1-2H3,(H2,12,13,14). The number of nitrogens with zero attached hydrogens (tertiary/aromatic N) is 1. The van der Waals surface area contributed by atoms with Gasteiger partial charge in [0, 0.05) is 5.69 Å². The van der Waals surface area contributed by atoms with Crippen molar-refractivity contribution in [3.63, 3.8) is 0 Å². The number of nitrogens with one attached hydrogen (secondary N) is 2. The lowest BCUT2D eigenvalue weighted by Gasteiger charge is -2.07. The van der Waals surface area contributed by atoms with Crippen molar-refractivity contribution in [3.05, 3.63) is 29.3 Å². The zero-order valence-electron chi connectivity index (χ0n) is 8.09. The Morgan fingerprint density at radius 2 is 2.14 bits per heavy atom. The molecule has 4 nitrogen and oxygen atoms in total. The van der Waals surface area contributed by atoms with E-state index in [-0.39, 0.29) is 0 Å². The van der Waals surface area contributed by atoms with Gasteiger partial charge in [-0.3, -0.25) is 0 Å². The van der Waals surface area contributed by atoms with Gasteiger partial charge in [0.05, 0.1) is 0 Å². The molecule has 0 aliphatic carbocycles. The first kappa shape index (κ1) is 10.1. The minimum atomic E-state index is -0.514. The highest BCUT2D eigenvalue weighted by molar-refractivity contribution is 5.90. The van der Waals surface area contributed by atoms with Crippen molar-refractivity contribution >= 4 is 11.7 Å². The highest BCUT2D eigenvalue weighted by Gasteiger charge is 2.02. The fourth-order valence-corrected chi connectivity index (χ4v) is 1.16. The van der Waals surface area contributed by atoms with E-state index in [1.807, 2.05) is 37.4 Å². The second-order valence-corrected chi connectivity index (χ2v) is 3.01. The number of benzene rings is 1. The van der Waals surface area contributed by atoms with Crippen LogP contribution in [-0.2, 0) is 0 Å². The van der Waals surface area contributed by atoms with Gasteiger partial charge in [-0.25, -0.2) is 10.1 Å². The highest BCUT2D eigenvalue weighted by Crippen LogP contribution is 2.15. The zero-order valence-corrected chi connectivity index (χ0v) is 8.09. The Labute approximate surface area is 82.5 Å². The second kappa shape index (κ2) is 4.28. The van der Waals surface area contributed by atoms with E-state index in [9.17, 15) is 4.79 Å². The Balaban J connectivity index is 2.78. The summed E-state index contributed by atoms with van der Waals surface area (Å²) in [6, 6.07) is 5.15. The van der Waals surface area contributed by atoms with Gasteiger partial charge in [0.2, 0.25) is 0 Å². The van der Waals surface area contributed by atoms with Gasteiger partial charge in [0.15, 0.2) is 6.19 Å². The highest BCUT2D eigenvalue weighted by atomic mass is 16.2. The second-order valence-electron chi connectivity index (χ2n) is 3.01. The number of urea groups is 1. The average molecular weight is 189 g/mol. The molecule has 2 N–H and O–H groups in total. The van der Waals surface area contributed by atoms with Crippen molar-refractivity contribution in [2.45, 2.75) is 13.8 Å². The van der Waals surface area contributed by atoms with Crippen LogP contribution in [0.3, 0.4) is 0 Å². The smallest absolute Gasteiger partial charge is 0.307 e. The Kier molecular flexibility index (Phi) is 3.08. The monoisotopic (exact) mass is 189 g/mol. The molecule has 0 bridgehead atoms. The summed E-state index contributed by atoms with van der Waals surface area (Å²) >= 11 is 0. The van der Waals surface area contributed by atoms with Gasteiger partial charge in [-0.2, -0.15) is 5.26 Å². The fourth-order valence-electron chi connectivity index (χ4n) is 1.16. The van der Waals surface area contributed by atoms with Crippen LogP contribution in [0.25, 0.3) is 0 Å². The summed E-state index contributed by atoms with van der Waals surface area (Å²) in [4.78, 5) is 11.0. The molecule has 0 radical (unpaired) electrons. The van der Waals surface area contributed by atoms with E-state index in [1.165, 1.54) is 0 Å². The molecule has 0 atom stereocenters. The summed E-state index contributed by atoms with van der Waals surface area (Å²) in [7, 11) is 0. The lowest BCUT2D eigenvalue weighted by atomic mass is 10.1. The predicted molar refractivity (Wildman–Crippen MR) is 53.7 cm³/mol. The van der Waals surface area contributed by atoms with Gasteiger partial charge >= 0.3 is 6.03 Å². The first-order valence-electron chi connectivity index (χ1n) is 4.17. The molecule has 0 aromatic heterocycles. The first-order valence-corrected chi connectivity index (χ1v) is 4.17. The maximum Gasteiger partial charge on any atom is 0.332 e. The summed E-state index contributed by atoms with van der Waals surface area (Å²) in [6.45, 7) is 3.88. The van der Waals surface area contributed by atoms with Crippen LogP contribution in [-0.4, -0.2) is 6.03 Å². The number of aryl methyl sites for hydroxylation is 2. The van der Waals surface area contributed by atoms with Gasteiger partial charge in [-0.15, -0.1) is 0 Å². The van der Waals surface area contributed by atoms with Crippen LogP contribution in [0.15, 0.2) is 18.2 Å². The van der Waals surface area contributed by atoms with Crippen LogP contribution < -0.4 is 10.6 Å². The maximum atomic E-state index is 11.0. The minimum Gasteiger partial charge on any atom is -0.307 e. The number of rotatable bonds is 1. The molecule has 1 aromatic rings. The molecule has 0 heterocycles. The topological polar surface area (TPSA) is 64.9 Å². The number of hydrogen-bond acceptors (Lipinski definition) is 2. The van der Waals surface area contributed by atoms with Crippen LogP contribution in [0, 0.1) is 25.3 Å². The van der Waals surface area contributed by atoms with Gasteiger partial charge < -0.3 is 5.32 Å². The number of hydrogen-bond donors (Lipinski definition) is 2. The van der Waals surface area contributed by atoms with Crippen LogP contribution in [0.2, 0.25) is 0 Å². The van der Waals surface area contributed by atoms with Crippen LogP contribution in [0.4, 0.5) is 10.5 Å². The molecule has 0 saturated heterocycles. The molecule has 0 saturated carbocycles. The van der Waals surface area contributed by atoms with Gasteiger partial charge in [-0.05, 0) is 25.5 Å². The van der Waals surface area contributed by atoms with Crippen molar-refractivity contribution < 1.29 is 4.79 Å². The molecule has 0 unspecified atom stereocenters. The van der Waals surface area contributed by atoms with E-state index >= 15 is 0 Å². The summed E-state index contributed by atoms with van der Waals surface area (Å²) in [5, 5.41) is 12.8. The van der Waals surface area contributed by atoms with E-state index in [1.54, 1.807) is 6.19 Å². The van der Waals surface area contributed by atoms with Crippen LogP contribution in [0.5, 0.6) is 0 Å². The molecule has 2 amide bonds. The number of carbonyl (C=O) groups excluding carboxylic acids is 1. The molecule has 72 valence electrons. The predicted octanol–water partition coefficient (Wildman–Crippen LogP) is 1.91. The largest absolute Gasteiger partial charge is 0.332 e. The molecule has 0 spiro atoms. The zero-order chi connectivity index (χ0) is 10.6. The summed E-state index contributed by atoms with van der Waals surface area (Å²) in [5.41, 5.74) is 2.81. The SMILES string of the molecule is Cc1ccc(NC(=O)NC#N)c(C)c1. The van der Waals surface area contributed by atoms with Gasteiger partial charge in [0.25, 0.3) is 0 Å². The molecule has 4 heteroatoms. The third-order valence-corrected chi connectivity index (χ3v) is 1.80. The number of anilines is 1. The van der Waals surface area contributed by atoms with Crippen molar-refractivity contribution in [2.75, 3.05) is 5.32 Å². The molecule has 1 rings (SSSR count). The molecule has 1 aromatic carbocycles. The van der Waals surface area contributed by atoms with E-state index in [2.05, 4.69) is 5.32 Å². The normalized spacial score (nSPS) is 8.93. The van der Waals surface area contributed by atoms with E-state index in [4.69, 9.17) is 5.26 Å². The summed E-state index contributed by atoms with van der Waals surface area (Å²) in [6.07, 6.45) is 1.56. The van der Waals surface area contributed by atoms with E-state index in [0.717, 1.165) is 11.1 Å². The molecule has 14 heavy (non-hydrogen) atoms. The van der Waals surface area contributed by atoms with Crippen LogP contribution in [0.1, 0.15) is 11.1 Å². The molecular weight excluding hydrogens is 178 g/mol. The van der Waals surface area contributed by atoms with Gasteiger partial charge in [-0.1, -0.05) is 17.7 Å². The third kappa shape index (κ3) is 2.49. The number of carbonyl (C=O) groups is 1. The van der Waals surface area contributed by atoms with Crippen molar-refractivity contribution in [2.24, 2.45) is 0 Å². The Morgan fingerprint density at radius 3 is 2.71 bits per heavy atom. The summed E-state index contributed by atoms with van der Waals surface area (Å²) in [5.74, 6) is 0. The lowest BCUT2D eigenvalue weighted by Crippen LogP contribution is -2.24. The number of nitriles is 1.